The number of unbranched alkanes of at least 4 members (excludes halogenated alkanes) is 1. The standard InChI is InChI=1S/C40H65N7O6/c1-13-14-20-28(33(49)36(51)41-21-29(48)45-31(37(52)46(11)12)26-18-16-15-17-19-26)44-35(50)32-30-27(40(30,9)10)22-47(32)38(53)34(39(6,7)8)43-25(5)42-24(4)23(2)3/h15-19,23-25,27-28,30-32,34,42-43H,13-14,20-22H2,1-12H3,(H,41,51)(H,44,50)(H,45,48)/t24-,25-,27?,28?,30?,31+,32+,34-/m1/s1. The van der Waals surface area contributed by atoms with E-state index in [2.05, 4.69) is 61.2 Å². The Labute approximate surface area is 316 Å². The maximum Gasteiger partial charge on any atom is 0.290 e. The summed E-state index contributed by atoms with van der Waals surface area (Å²) in [6.45, 7) is 20.4. The predicted molar refractivity (Wildman–Crippen MR) is 205 cm³/mol. The second kappa shape index (κ2) is 18.0. The molecule has 1 aromatic rings. The molecule has 296 valence electrons. The van der Waals surface area contributed by atoms with Gasteiger partial charge in [0.15, 0.2) is 0 Å². The highest BCUT2D eigenvalue weighted by Gasteiger charge is 2.69. The summed E-state index contributed by atoms with van der Waals surface area (Å²) in [6.07, 6.45) is 1.33. The van der Waals surface area contributed by atoms with E-state index in [-0.39, 0.29) is 47.7 Å². The van der Waals surface area contributed by atoms with Gasteiger partial charge in [0.1, 0.15) is 12.1 Å². The normalized spacial score (nSPS) is 21.8. The molecule has 8 atom stereocenters. The fourth-order valence-corrected chi connectivity index (χ4v) is 7.30. The van der Waals surface area contributed by atoms with Crippen LogP contribution in [0.4, 0.5) is 0 Å². The van der Waals surface area contributed by atoms with Crippen LogP contribution in [0.15, 0.2) is 30.3 Å². The lowest BCUT2D eigenvalue weighted by Gasteiger charge is -2.39. The number of rotatable bonds is 18. The van der Waals surface area contributed by atoms with Crippen LogP contribution in [-0.2, 0) is 28.8 Å². The van der Waals surface area contributed by atoms with Crippen LogP contribution in [0.1, 0.15) is 100 Å². The predicted octanol–water partition coefficient (Wildman–Crippen LogP) is 2.76. The Balaban J connectivity index is 1.75. The zero-order valence-corrected chi connectivity index (χ0v) is 34.0. The van der Waals surface area contributed by atoms with Crippen molar-refractivity contribution in [1.29, 1.82) is 0 Å². The number of Topliss-reactive ketones (excluding diaryl/α,β-unsaturated/α-hetero) is 1. The van der Waals surface area contributed by atoms with E-state index in [0.717, 1.165) is 6.42 Å². The Bertz CT molecular complexity index is 1470. The van der Waals surface area contributed by atoms with Gasteiger partial charge in [0.25, 0.3) is 5.91 Å². The zero-order valence-electron chi connectivity index (χ0n) is 34.0. The van der Waals surface area contributed by atoms with E-state index >= 15 is 0 Å². The van der Waals surface area contributed by atoms with Crippen molar-refractivity contribution in [3.8, 4) is 0 Å². The van der Waals surface area contributed by atoms with Gasteiger partial charge in [-0.05, 0) is 54.4 Å². The topological polar surface area (TPSA) is 169 Å². The van der Waals surface area contributed by atoms with Crippen molar-refractivity contribution in [2.45, 2.75) is 125 Å². The SMILES string of the molecule is CCCCC(NC(=O)[C@@H]1C2C(CN1C(=O)[C@@H](N[C@H](C)N[C@H](C)C(C)C)C(C)(C)C)C2(C)C)C(=O)C(=O)NCC(=O)N[C@H](C(=O)N(C)C)c1ccccc1. The van der Waals surface area contributed by atoms with Crippen LogP contribution in [-0.4, -0.2) is 103 Å². The number of carbonyl (C=O) groups is 6. The molecule has 13 nitrogen and oxygen atoms in total. The Morgan fingerprint density at radius 3 is 2.11 bits per heavy atom. The molecule has 2 aliphatic rings. The van der Waals surface area contributed by atoms with Crippen molar-refractivity contribution in [3.05, 3.63) is 35.9 Å². The van der Waals surface area contributed by atoms with Gasteiger partial charge in [0, 0.05) is 26.7 Å². The number of ketones is 1. The van der Waals surface area contributed by atoms with Gasteiger partial charge in [-0.1, -0.05) is 98.6 Å². The highest BCUT2D eigenvalue weighted by atomic mass is 16.2. The first-order valence-electron chi connectivity index (χ1n) is 19.1. The summed E-state index contributed by atoms with van der Waals surface area (Å²) in [6, 6.07) is 5.42. The number of fused-ring (bicyclic) bond motifs is 1. The minimum absolute atomic E-state index is 0.0922. The van der Waals surface area contributed by atoms with Crippen LogP contribution in [0.3, 0.4) is 0 Å². The molecule has 2 fully saturated rings. The molecule has 0 bridgehead atoms. The average Bonchev–Trinajstić information content (AvgIpc) is 3.38. The van der Waals surface area contributed by atoms with E-state index in [1.807, 2.05) is 34.6 Å². The summed E-state index contributed by atoms with van der Waals surface area (Å²) in [5.74, 6) is -3.10. The van der Waals surface area contributed by atoms with Crippen LogP contribution in [0.2, 0.25) is 0 Å². The van der Waals surface area contributed by atoms with Crippen molar-refractivity contribution >= 4 is 35.3 Å². The molecule has 0 spiro atoms. The lowest BCUT2D eigenvalue weighted by atomic mass is 9.85. The minimum atomic E-state index is -1.14. The van der Waals surface area contributed by atoms with E-state index < -0.39 is 59.6 Å². The largest absolute Gasteiger partial charge is 0.347 e. The fraction of sp³-hybridized carbons (Fsp3) is 0.700. The number of benzene rings is 1. The summed E-state index contributed by atoms with van der Waals surface area (Å²) < 4.78 is 0. The van der Waals surface area contributed by atoms with E-state index in [9.17, 15) is 28.8 Å². The summed E-state index contributed by atoms with van der Waals surface area (Å²) in [5, 5.41) is 14.9. The summed E-state index contributed by atoms with van der Waals surface area (Å²) in [7, 11) is 3.15. The summed E-state index contributed by atoms with van der Waals surface area (Å²) in [4.78, 5) is 84.2. The number of likely N-dealkylation sites (N-methyl/N-ethyl adjacent to an activating group) is 1. The number of hydrogen-bond donors (Lipinski definition) is 5. The highest BCUT2D eigenvalue weighted by molar-refractivity contribution is 6.38. The lowest BCUT2D eigenvalue weighted by Crippen LogP contribution is -2.62. The van der Waals surface area contributed by atoms with Crippen molar-refractivity contribution < 1.29 is 28.8 Å². The third-order valence-electron chi connectivity index (χ3n) is 11.0. The molecule has 0 radical (unpaired) electrons. The van der Waals surface area contributed by atoms with Crippen molar-refractivity contribution in [3.63, 3.8) is 0 Å². The van der Waals surface area contributed by atoms with E-state index in [1.165, 1.54) is 4.90 Å². The van der Waals surface area contributed by atoms with Gasteiger partial charge < -0.3 is 25.8 Å². The quantitative estimate of drug-likeness (QED) is 0.113. The fourth-order valence-electron chi connectivity index (χ4n) is 7.30. The van der Waals surface area contributed by atoms with Gasteiger partial charge in [0.05, 0.1) is 24.8 Å². The van der Waals surface area contributed by atoms with E-state index in [4.69, 9.17) is 0 Å². The minimum Gasteiger partial charge on any atom is -0.347 e. The Morgan fingerprint density at radius 1 is 0.943 bits per heavy atom. The van der Waals surface area contributed by atoms with Gasteiger partial charge in [-0.25, -0.2) is 0 Å². The molecule has 1 heterocycles. The first-order valence-corrected chi connectivity index (χ1v) is 19.1. The molecule has 1 aliphatic heterocycles. The maximum absolute atomic E-state index is 14.4. The first-order chi connectivity index (χ1) is 24.6. The molecule has 3 unspecified atom stereocenters. The molecule has 13 heteroatoms. The number of piperidine rings is 1. The monoisotopic (exact) mass is 739 g/mol. The molecular weight excluding hydrogens is 674 g/mol. The van der Waals surface area contributed by atoms with Crippen LogP contribution >= 0.6 is 0 Å². The van der Waals surface area contributed by atoms with Crippen LogP contribution in [0.5, 0.6) is 0 Å². The van der Waals surface area contributed by atoms with Crippen LogP contribution in [0.25, 0.3) is 0 Å². The Kier molecular flexibility index (Phi) is 14.8. The van der Waals surface area contributed by atoms with Gasteiger partial charge in [-0.2, -0.15) is 0 Å². The lowest BCUT2D eigenvalue weighted by molar-refractivity contribution is -0.145. The highest BCUT2D eigenvalue weighted by Crippen LogP contribution is 2.65. The number of hydrogen-bond acceptors (Lipinski definition) is 8. The molecule has 1 aliphatic carbocycles. The van der Waals surface area contributed by atoms with Crippen molar-refractivity contribution in [2.75, 3.05) is 27.2 Å². The van der Waals surface area contributed by atoms with Crippen LogP contribution < -0.4 is 26.6 Å². The number of amides is 5. The third-order valence-corrected chi connectivity index (χ3v) is 11.0. The molecule has 1 saturated carbocycles. The Hall–Kier alpha value is -3.84. The third kappa shape index (κ3) is 10.9. The molecule has 0 aromatic heterocycles. The van der Waals surface area contributed by atoms with Gasteiger partial charge in [-0.3, -0.25) is 39.4 Å². The molecule has 1 aromatic carbocycles. The maximum atomic E-state index is 14.4. The second-order valence-electron chi connectivity index (χ2n) is 17.2. The molecular formula is C40H65N7O6. The van der Waals surface area contributed by atoms with E-state index in [0.29, 0.717) is 24.4 Å². The Morgan fingerprint density at radius 2 is 1.57 bits per heavy atom. The zero-order chi connectivity index (χ0) is 40.0. The number of nitrogens with zero attached hydrogens (tertiary/aromatic N) is 2. The smallest absolute Gasteiger partial charge is 0.290 e. The molecule has 53 heavy (non-hydrogen) atoms. The molecule has 5 amide bonds. The first kappa shape index (κ1) is 43.6. The average molecular weight is 740 g/mol. The number of nitrogens with one attached hydrogen (secondary N) is 5. The van der Waals surface area contributed by atoms with E-state index in [1.54, 1.807) is 49.3 Å². The molecule has 3 rings (SSSR count). The summed E-state index contributed by atoms with van der Waals surface area (Å²) in [5.41, 5.74) is -0.0618. The van der Waals surface area contributed by atoms with Gasteiger partial charge >= 0.3 is 0 Å². The molecule has 1 saturated heterocycles. The summed E-state index contributed by atoms with van der Waals surface area (Å²) >= 11 is 0. The van der Waals surface area contributed by atoms with Crippen LogP contribution in [0, 0.1) is 28.6 Å². The van der Waals surface area contributed by atoms with Gasteiger partial charge in [-0.15, -0.1) is 0 Å². The number of carbonyl (C=O) groups excluding carboxylic acids is 6. The number of likely N-dealkylation sites (tertiary alicyclic amines) is 1. The van der Waals surface area contributed by atoms with Crippen molar-refractivity contribution in [1.82, 2.24) is 36.4 Å². The van der Waals surface area contributed by atoms with Crippen molar-refractivity contribution in [2.24, 2.45) is 28.6 Å². The molecule has 5 N–H and O–H groups in total. The second-order valence-corrected chi connectivity index (χ2v) is 17.2. The van der Waals surface area contributed by atoms with Gasteiger partial charge in [0.2, 0.25) is 29.4 Å².